The van der Waals surface area contributed by atoms with Crippen molar-refractivity contribution in [2.24, 2.45) is 5.92 Å². The quantitative estimate of drug-likeness (QED) is 0.736. The van der Waals surface area contributed by atoms with Gasteiger partial charge in [0.25, 0.3) is 0 Å². The van der Waals surface area contributed by atoms with Crippen LogP contribution in [0.3, 0.4) is 0 Å². The zero-order valence-electron chi connectivity index (χ0n) is 12.9. The summed E-state index contributed by atoms with van der Waals surface area (Å²) in [6.45, 7) is 5.55. The van der Waals surface area contributed by atoms with Gasteiger partial charge in [-0.25, -0.2) is 13.1 Å². The summed E-state index contributed by atoms with van der Waals surface area (Å²) in [7, 11) is -3.37. The van der Waals surface area contributed by atoms with Gasteiger partial charge in [0.2, 0.25) is 10.0 Å². The second-order valence-corrected chi connectivity index (χ2v) is 7.75. The molecule has 1 aromatic carbocycles. The Morgan fingerprint density at radius 1 is 1.24 bits per heavy atom. The van der Waals surface area contributed by atoms with Crippen LogP contribution in [0.1, 0.15) is 38.7 Å². The van der Waals surface area contributed by atoms with Crippen molar-refractivity contribution in [3.8, 4) is 0 Å². The number of benzene rings is 1. The Morgan fingerprint density at radius 3 is 2.48 bits per heavy atom. The largest absolute Gasteiger partial charge is 0.314 e. The molecule has 0 radical (unpaired) electrons. The summed E-state index contributed by atoms with van der Waals surface area (Å²) in [5, 5.41) is 3.46. The molecular formula is C16H26N2O2S. The summed E-state index contributed by atoms with van der Waals surface area (Å²) in [6, 6.07) is 7.93. The van der Waals surface area contributed by atoms with Crippen molar-refractivity contribution >= 4 is 10.0 Å². The van der Waals surface area contributed by atoms with Gasteiger partial charge in [-0.2, -0.15) is 0 Å². The van der Waals surface area contributed by atoms with E-state index in [2.05, 4.69) is 17.0 Å². The Labute approximate surface area is 128 Å². The molecule has 1 saturated carbocycles. The Kier molecular flexibility index (Phi) is 5.79. The first-order valence-electron chi connectivity index (χ1n) is 7.83. The smallest absolute Gasteiger partial charge is 0.240 e. The van der Waals surface area contributed by atoms with E-state index in [-0.39, 0.29) is 0 Å². The first-order chi connectivity index (χ1) is 10.0. The van der Waals surface area contributed by atoms with Gasteiger partial charge in [0.1, 0.15) is 0 Å². The molecule has 0 aromatic heterocycles. The molecule has 2 N–H and O–H groups in total. The van der Waals surface area contributed by atoms with Crippen molar-refractivity contribution in [2.75, 3.05) is 13.1 Å². The van der Waals surface area contributed by atoms with E-state index < -0.39 is 10.0 Å². The molecule has 1 aromatic rings. The van der Waals surface area contributed by atoms with Crippen molar-refractivity contribution in [3.63, 3.8) is 0 Å². The minimum Gasteiger partial charge on any atom is -0.314 e. The molecule has 1 aliphatic carbocycles. The number of rotatable bonds is 9. The summed E-state index contributed by atoms with van der Waals surface area (Å²) >= 11 is 0. The van der Waals surface area contributed by atoms with Crippen LogP contribution in [0.5, 0.6) is 0 Å². The minimum atomic E-state index is -3.37. The van der Waals surface area contributed by atoms with Crippen molar-refractivity contribution in [1.29, 1.82) is 0 Å². The third kappa shape index (κ3) is 5.41. The normalized spacial score (nSPS) is 16.9. The molecule has 21 heavy (non-hydrogen) atoms. The third-order valence-electron chi connectivity index (χ3n) is 3.98. The fourth-order valence-corrected chi connectivity index (χ4v) is 3.19. The summed E-state index contributed by atoms with van der Waals surface area (Å²) in [6.07, 6.45) is 4.49. The van der Waals surface area contributed by atoms with Gasteiger partial charge < -0.3 is 5.32 Å². The number of hydrogen-bond donors (Lipinski definition) is 2. The first-order valence-corrected chi connectivity index (χ1v) is 9.31. The highest BCUT2D eigenvalue weighted by Gasteiger charge is 2.19. The van der Waals surface area contributed by atoms with E-state index in [1.165, 1.54) is 18.4 Å². The fraction of sp³-hybridized carbons (Fsp3) is 0.625. The standard InChI is InChI=1S/C16H26N2O2S/c1-3-13(2)12-18-21(19,20)16-8-4-14(5-9-16)10-11-17-15-6-7-15/h4-5,8-9,13,15,17-18H,3,6-7,10-12H2,1-2H3. The zero-order chi connectivity index (χ0) is 15.3. The van der Waals surface area contributed by atoms with E-state index in [1.807, 2.05) is 19.1 Å². The second-order valence-electron chi connectivity index (χ2n) is 5.99. The van der Waals surface area contributed by atoms with Crippen LogP contribution in [0.15, 0.2) is 29.2 Å². The number of hydrogen-bond acceptors (Lipinski definition) is 3. The van der Waals surface area contributed by atoms with E-state index in [9.17, 15) is 8.42 Å². The summed E-state index contributed by atoms with van der Waals surface area (Å²) in [5.41, 5.74) is 1.17. The van der Waals surface area contributed by atoms with Gasteiger partial charge in [0.15, 0.2) is 0 Å². The molecule has 0 heterocycles. The lowest BCUT2D eigenvalue weighted by Crippen LogP contribution is -2.28. The van der Waals surface area contributed by atoms with Gasteiger partial charge in [-0.15, -0.1) is 0 Å². The van der Waals surface area contributed by atoms with Crippen molar-refractivity contribution in [3.05, 3.63) is 29.8 Å². The van der Waals surface area contributed by atoms with Gasteiger partial charge in [0, 0.05) is 12.6 Å². The van der Waals surface area contributed by atoms with E-state index in [4.69, 9.17) is 0 Å². The molecule has 0 saturated heterocycles. The summed E-state index contributed by atoms with van der Waals surface area (Å²) in [5.74, 6) is 0.354. The van der Waals surface area contributed by atoms with Gasteiger partial charge in [-0.1, -0.05) is 32.4 Å². The molecule has 4 nitrogen and oxygen atoms in total. The number of sulfonamides is 1. The molecule has 2 rings (SSSR count). The first kappa shape index (κ1) is 16.5. The topological polar surface area (TPSA) is 58.2 Å². The van der Waals surface area contributed by atoms with Crippen molar-refractivity contribution < 1.29 is 8.42 Å². The van der Waals surface area contributed by atoms with Gasteiger partial charge in [-0.05, 0) is 49.4 Å². The maximum absolute atomic E-state index is 12.2. The maximum atomic E-state index is 12.2. The SMILES string of the molecule is CCC(C)CNS(=O)(=O)c1ccc(CCNC2CC2)cc1. The van der Waals surface area contributed by atoms with Crippen LogP contribution < -0.4 is 10.0 Å². The predicted molar refractivity (Wildman–Crippen MR) is 85.8 cm³/mol. The molecule has 1 unspecified atom stereocenters. The maximum Gasteiger partial charge on any atom is 0.240 e. The molecule has 5 heteroatoms. The summed E-state index contributed by atoms with van der Waals surface area (Å²) in [4.78, 5) is 0.352. The Balaban J connectivity index is 1.87. The number of nitrogens with one attached hydrogen (secondary N) is 2. The second kappa shape index (κ2) is 7.38. The van der Waals surface area contributed by atoms with Crippen molar-refractivity contribution in [2.45, 2.75) is 50.5 Å². The van der Waals surface area contributed by atoms with Gasteiger partial charge in [0.05, 0.1) is 4.90 Å². The summed E-state index contributed by atoms with van der Waals surface area (Å²) < 4.78 is 27.0. The Morgan fingerprint density at radius 2 is 1.90 bits per heavy atom. The molecule has 0 spiro atoms. The molecule has 0 bridgehead atoms. The van der Waals surface area contributed by atoms with Crippen molar-refractivity contribution in [1.82, 2.24) is 10.0 Å². The van der Waals surface area contributed by atoms with Crippen LogP contribution in [0.25, 0.3) is 0 Å². The average Bonchev–Trinajstić information content (AvgIpc) is 3.29. The lowest BCUT2D eigenvalue weighted by molar-refractivity contribution is 0.528. The van der Waals surface area contributed by atoms with E-state index in [0.29, 0.717) is 17.4 Å². The zero-order valence-corrected chi connectivity index (χ0v) is 13.7. The van der Waals surface area contributed by atoms with Crippen LogP contribution in [0.4, 0.5) is 0 Å². The molecule has 1 atom stereocenters. The van der Waals surface area contributed by atoms with Gasteiger partial charge in [-0.3, -0.25) is 0 Å². The van der Waals surface area contributed by atoms with Crippen LogP contribution in [0.2, 0.25) is 0 Å². The lowest BCUT2D eigenvalue weighted by atomic mass is 10.1. The van der Waals surface area contributed by atoms with Crippen LogP contribution >= 0.6 is 0 Å². The Bertz CT molecular complexity index is 536. The average molecular weight is 310 g/mol. The van der Waals surface area contributed by atoms with E-state index >= 15 is 0 Å². The van der Waals surface area contributed by atoms with E-state index in [1.54, 1.807) is 12.1 Å². The highest BCUT2D eigenvalue weighted by Crippen LogP contribution is 2.18. The van der Waals surface area contributed by atoms with E-state index in [0.717, 1.165) is 25.4 Å². The molecule has 1 fully saturated rings. The van der Waals surface area contributed by atoms with Crippen LogP contribution in [-0.2, 0) is 16.4 Å². The molecule has 0 aliphatic heterocycles. The Hall–Kier alpha value is -0.910. The lowest BCUT2D eigenvalue weighted by Gasteiger charge is -2.11. The monoisotopic (exact) mass is 310 g/mol. The van der Waals surface area contributed by atoms with Crippen LogP contribution in [-0.4, -0.2) is 27.5 Å². The molecular weight excluding hydrogens is 284 g/mol. The van der Waals surface area contributed by atoms with Gasteiger partial charge >= 0.3 is 0 Å². The fourth-order valence-electron chi connectivity index (χ4n) is 2.02. The highest BCUT2D eigenvalue weighted by molar-refractivity contribution is 7.89. The third-order valence-corrected chi connectivity index (χ3v) is 5.42. The highest BCUT2D eigenvalue weighted by atomic mass is 32.2. The minimum absolute atomic E-state index is 0.352. The van der Waals surface area contributed by atoms with Crippen LogP contribution in [0, 0.1) is 5.92 Å². The molecule has 118 valence electrons. The molecule has 0 amide bonds. The predicted octanol–water partition coefficient (Wildman–Crippen LogP) is 2.31. The molecule has 1 aliphatic rings.